The van der Waals surface area contributed by atoms with Crippen LogP contribution in [-0.2, 0) is 0 Å². The minimum absolute atomic E-state index is 0.144. The molecule has 20 heavy (non-hydrogen) atoms. The topological polar surface area (TPSA) is 29.3 Å². The molecule has 0 aliphatic carbocycles. The van der Waals surface area contributed by atoms with Crippen LogP contribution in [0.1, 0.15) is 51.1 Å². The fraction of sp³-hybridized carbons (Fsp3) is 0.647. The lowest BCUT2D eigenvalue weighted by Gasteiger charge is -2.27. The summed E-state index contributed by atoms with van der Waals surface area (Å²) in [5.41, 5.74) is 8.13. The fourth-order valence-electron chi connectivity index (χ4n) is 3.27. The van der Waals surface area contributed by atoms with Gasteiger partial charge in [-0.15, -0.1) is 0 Å². The Kier molecular flexibility index (Phi) is 5.65. The molecule has 1 aromatic rings. The fourth-order valence-corrected chi connectivity index (χ4v) is 3.69. The van der Waals surface area contributed by atoms with Crippen LogP contribution in [0.5, 0.6) is 0 Å². The van der Waals surface area contributed by atoms with E-state index in [9.17, 15) is 0 Å². The Balaban J connectivity index is 1.84. The highest BCUT2D eigenvalue weighted by atomic mass is 79.9. The minimum atomic E-state index is 0.144. The maximum atomic E-state index is 6.33. The van der Waals surface area contributed by atoms with Crippen LogP contribution in [0.4, 0.5) is 0 Å². The summed E-state index contributed by atoms with van der Waals surface area (Å²) in [5.74, 6) is 0. The van der Waals surface area contributed by atoms with Gasteiger partial charge < -0.3 is 10.6 Å². The van der Waals surface area contributed by atoms with Crippen molar-refractivity contribution in [3.8, 4) is 0 Å². The summed E-state index contributed by atoms with van der Waals surface area (Å²) < 4.78 is 1.11. The Bertz CT molecular complexity index is 429. The van der Waals surface area contributed by atoms with E-state index in [1.807, 2.05) is 6.07 Å². The van der Waals surface area contributed by atoms with Crippen molar-refractivity contribution in [3.05, 3.63) is 34.3 Å². The number of nitrogens with two attached hydrogens (primary N) is 1. The molecule has 0 aromatic heterocycles. The largest absolute Gasteiger partial charge is 0.324 e. The van der Waals surface area contributed by atoms with Gasteiger partial charge in [0.1, 0.15) is 0 Å². The first-order valence-corrected chi connectivity index (χ1v) is 8.61. The Morgan fingerprint density at radius 1 is 1.35 bits per heavy atom. The van der Waals surface area contributed by atoms with Gasteiger partial charge >= 0.3 is 0 Å². The third-order valence-electron chi connectivity index (χ3n) is 5.05. The van der Waals surface area contributed by atoms with Crippen LogP contribution < -0.4 is 5.73 Å². The van der Waals surface area contributed by atoms with Gasteiger partial charge in [-0.1, -0.05) is 41.9 Å². The molecule has 2 rings (SSSR count). The molecule has 1 saturated heterocycles. The average molecular weight is 339 g/mol. The summed E-state index contributed by atoms with van der Waals surface area (Å²) >= 11 is 3.52. The zero-order chi connectivity index (χ0) is 14.6. The van der Waals surface area contributed by atoms with E-state index < -0.39 is 0 Å². The monoisotopic (exact) mass is 338 g/mol. The van der Waals surface area contributed by atoms with Crippen molar-refractivity contribution in [2.24, 2.45) is 11.1 Å². The molecule has 1 aliphatic rings. The molecule has 1 heterocycles. The van der Waals surface area contributed by atoms with Crippen LogP contribution in [0, 0.1) is 5.41 Å². The summed E-state index contributed by atoms with van der Waals surface area (Å²) in [6.45, 7) is 8.29. The number of rotatable bonds is 6. The third-order valence-corrected chi connectivity index (χ3v) is 5.54. The molecule has 3 heteroatoms. The van der Waals surface area contributed by atoms with Crippen LogP contribution in [0.25, 0.3) is 0 Å². The molecule has 1 aromatic carbocycles. The number of likely N-dealkylation sites (tertiary alicyclic amines) is 1. The highest BCUT2D eigenvalue weighted by molar-refractivity contribution is 9.10. The molecule has 0 spiro atoms. The van der Waals surface area contributed by atoms with E-state index in [1.165, 1.54) is 37.9 Å². The van der Waals surface area contributed by atoms with Gasteiger partial charge in [0.25, 0.3) is 0 Å². The first-order valence-electron chi connectivity index (χ1n) is 7.82. The van der Waals surface area contributed by atoms with Crippen LogP contribution in [-0.4, -0.2) is 24.5 Å². The second-order valence-corrected chi connectivity index (χ2v) is 7.10. The standard InChI is InChI=1S/C17H27BrN2/c1-3-17(4-2)9-11-20(13-17)10-8-16(19)14-6-5-7-15(18)12-14/h5-7,12,16H,3-4,8-11,13,19H2,1-2H3. The van der Waals surface area contributed by atoms with Gasteiger partial charge in [0.15, 0.2) is 0 Å². The molecule has 1 aliphatic heterocycles. The molecule has 1 fully saturated rings. The number of hydrogen-bond acceptors (Lipinski definition) is 2. The van der Waals surface area contributed by atoms with Crippen LogP contribution in [0.3, 0.4) is 0 Å². The van der Waals surface area contributed by atoms with Crippen molar-refractivity contribution in [3.63, 3.8) is 0 Å². The molecule has 2 N–H and O–H groups in total. The second-order valence-electron chi connectivity index (χ2n) is 6.18. The molecule has 0 bridgehead atoms. The zero-order valence-electron chi connectivity index (χ0n) is 12.7. The second kappa shape index (κ2) is 7.06. The molecule has 0 radical (unpaired) electrons. The van der Waals surface area contributed by atoms with Gasteiger partial charge in [-0.25, -0.2) is 0 Å². The summed E-state index contributed by atoms with van der Waals surface area (Å²) in [5, 5.41) is 0. The Hall–Kier alpha value is -0.380. The Morgan fingerprint density at radius 3 is 2.70 bits per heavy atom. The predicted molar refractivity (Wildman–Crippen MR) is 89.8 cm³/mol. The number of nitrogens with zero attached hydrogens (tertiary/aromatic N) is 1. The van der Waals surface area contributed by atoms with Crippen molar-refractivity contribution in [1.82, 2.24) is 4.90 Å². The quantitative estimate of drug-likeness (QED) is 0.835. The van der Waals surface area contributed by atoms with E-state index in [0.717, 1.165) is 17.4 Å². The Morgan fingerprint density at radius 2 is 2.10 bits per heavy atom. The first kappa shape index (κ1) is 16.0. The maximum Gasteiger partial charge on any atom is 0.0307 e. The lowest BCUT2D eigenvalue weighted by atomic mass is 9.82. The van der Waals surface area contributed by atoms with Gasteiger partial charge in [-0.2, -0.15) is 0 Å². The van der Waals surface area contributed by atoms with Crippen molar-refractivity contribution in [2.75, 3.05) is 19.6 Å². The molecule has 1 unspecified atom stereocenters. The lowest BCUT2D eigenvalue weighted by Crippen LogP contribution is -2.29. The number of benzene rings is 1. The van der Waals surface area contributed by atoms with E-state index >= 15 is 0 Å². The van der Waals surface area contributed by atoms with Gasteiger partial charge in [0, 0.05) is 17.1 Å². The number of hydrogen-bond donors (Lipinski definition) is 1. The van der Waals surface area contributed by atoms with E-state index in [1.54, 1.807) is 0 Å². The highest BCUT2D eigenvalue weighted by Crippen LogP contribution is 2.37. The zero-order valence-corrected chi connectivity index (χ0v) is 14.3. The summed E-state index contributed by atoms with van der Waals surface area (Å²) in [6, 6.07) is 8.52. The van der Waals surface area contributed by atoms with Crippen LogP contribution in [0.2, 0.25) is 0 Å². The lowest BCUT2D eigenvalue weighted by molar-refractivity contribution is 0.236. The molecule has 0 saturated carbocycles. The van der Waals surface area contributed by atoms with Gasteiger partial charge in [-0.05, 0) is 61.9 Å². The number of halogens is 1. The van der Waals surface area contributed by atoms with Gasteiger partial charge in [-0.3, -0.25) is 0 Å². The minimum Gasteiger partial charge on any atom is -0.324 e. The molecule has 1 atom stereocenters. The molecular formula is C17H27BrN2. The predicted octanol–water partition coefficient (Wildman–Crippen LogP) is 4.35. The van der Waals surface area contributed by atoms with Crippen molar-refractivity contribution in [2.45, 2.75) is 45.6 Å². The molecule has 0 amide bonds. The van der Waals surface area contributed by atoms with Crippen molar-refractivity contribution >= 4 is 15.9 Å². The smallest absolute Gasteiger partial charge is 0.0307 e. The summed E-state index contributed by atoms with van der Waals surface area (Å²) in [4.78, 5) is 2.60. The molecule has 112 valence electrons. The third kappa shape index (κ3) is 3.84. The molecule has 2 nitrogen and oxygen atoms in total. The first-order chi connectivity index (χ1) is 9.58. The van der Waals surface area contributed by atoms with Gasteiger partial charge in [0.05, 0.1) is 0 Å². The maximum absolute atomic E-state index is 6.33. The average Bonchev–Trinajstić information content (AvgIpc) is 2.89. The summed E-state index contributed by atoms with van der Waals surface area (Å²) in [7, 11) is 0. The van der Waals surface area contributed by atoms with E-state index in [0.29, 0.717) is 5.41 Å². The van der Waals surface area contributed by atoms with E-state index in [4.69, 9.17) is 5.73 Å². The van der Waals surface area contributed by atoms with Crippen molar-refractivity contribution < 1.29 is 0 Å². The van der Waals surface area contributed by atoms with Crippen molar-refractivity contribution in [1.29, 1.82) is 0 Å². The van der Waals surface area contributed by atoms with Gasteiger partial charge in [0.2, 0.25) is 0 Å². The van der Waals surface area contributed by atoms with Crippen LogP contribution in [0.15, 0.2) is 28.7 Å². The van der Waals surface area contributed by atoms with Crippen LogP contribution >= 0.6 is 15.9 Å². The van der Waals surface area contributed by atoms with E-state index in [-0.39, 0.29) is 6.04 Å². The highest BCUT2D eigenvalue weighted by Gasteiger charge is 2.34. The molecular weight excluding hydrogens is 312 g/mol. The summed E-state index contributed by atoms with van der Waals surface area (Å²) in [6.07, 6.45) is 5.00. The normalized spacial score (nSPS) is 20.2. The van der Waals surface area contributed by atoms with E-state index in [2.05, 4.69) is 52.9 Å². The SMILES string of the molecule is CCC1(CC)CCN(CCC(N)c2cccc(Br)c2)C1. The Labute approximate surface area is 131 Å².